The van der Waals surface area contributed by atoms with Crippen LogP contribution in [0.4, 0.5) is 0 Å². The molecule has 1 atom stereocenters. The summed E-state index contributed by atoms with van der Waals surface area (Å²) in [4.78, 5) is 0. The van der Waals surface area contributed by atoms with Crippen molar-refractivity contribution < 1.29 is 4.74 Å². The molecule has 2 nitrogen and oxygen atoms in total. The Labute approximate surface area is 134 Å². The maximum Gasteiger partial charge on any atom is 0.0637 e. The van der Waals surface area contributed by atoms with E-state index in [-0.39, 0.29) is 5.60 Å². The Morgan fingerprint density at radius 2 is 1.43 bits per heavy atom. The molecule has 0 bridgehead atoms. The molecule has 0 aliphatic rings. The minimum Gasteiger partial charge on any atom is -0.379 e. The number of hydrogen-bond donors (Lipinski definition) is 1. The summed E-state index contributed by atoms with van der Waals surface area (Å²) in [6.07, 6.45) is 14.8. The van der Waals surface area contributed by atoms with Crippen molar-refractivity contribution in [1.82, 2.24) is 5.32 Å². The summed E-state index contributed by atoms with van der Waals surface area (Å²) in [5.74, 6) is 0. The standard InChI is InChI=1S/C19H41NO/c1-6-8-9-10-11-12-13-14-15-18(20-16-7-2)17-19(3,4)21-5/h18,20H,6-17H2,1-5H3. The lowest BCUT2D eigenvalue weighted by molar-refractivity contribution is 0.00620. The molecule has 2 heteroatoms. The fraction of sp³-hybridized carbons (Fsp3) is 1.00. The van der Waals surface area contributed by atoms with Crippen molar-refractivity contribution in [2.75, 3.05) is 13.7 Å². The van der Waals surface area contributed by atoms with Crippen LogP contribution in [-0.2, 0) is 4.74 Å². The fourth-order valence-electron chi connectivity index (χ4n) is 2.83. The predicted octanol–water partition coefficient (Wildman–Crippen LogP) is 5.70. The van der Waals surface area contributed by atoms with E-state index in [0.29, 0.717) is 6.04 Å². The highest BCUT2D eigenvalue weighted by atomic mass is 16.5. The maximum absolute atomic E-state index is 5.59. The number of hydrogen-bond acceptors (Lipinski definition) is 2. The van der Waals surface area contributed by atoms with Gasteiger partial charge in [-0.25, -0.2) is 0 Å². The Kier molecular flexibility index (Phi) is 13.5. The molecule has 128 valence electrons. The molecule has 1 unspecified atom stereocenters. The summed E-state index contributed by atoms with van der Waals surface area (Å²) in [6.45, 7) is 10.0. The number of nitrogens with one attached hydrogen (secondary N) is 1. The molecular formula is C19H41NO. The lowest BCUT2D eigenvalue weighted by Gasteiger charge is -2.29. The molecule has 0 spiro atoms. The highest BCUT2D eigenvalue weighted by molar-refractivity contribution is 4.78. The van der Waals surface area contributed by atoms with Crippen LogP contribution in [0.15, 0.2) is 0 Å². The third-order valence-corrected chi connectivity index (χ3v) is 4.38. The zero-order chi connectivity index (χ0) is 16.0. The molecule has 0 aromatic heterocycles. The SMILES string of the molecule is CCCCCCCCCCC(CC(C)(C)OC)NCCC. The zero-order valence-corrected chi connectivity index (χ0v) is 15.5. The van der Waals surface area contributed by atoms with Gasteiger partial charge >= 0.3 is 0 Å². The van der Waals surface area contributed by atoms with E-state index in [9.17, 15) is 0 Å². The number of unbranched alkanes of at least 4 members (excludes halogenated alkanes) is 7. The molecule has 1 N–H and O–H groups in total. The molecule has 0 saturated carbocycles. The van der Waals surface area contributed by atoms with Crippen molar-refractivity contribution in [2.24, 2.45) is 0 Å². The minimum absolute atomic E-state index is 0.00837. The lowest BCUT2D eigenvalue weighted by Crippen LogP contribution is -2.38. The van der Waals surface area contributed by atoms with Crippen molar-refractivity contribution in [2.45, 2.75) is 110 Å². The second kappa shape index (κ2) is 13.6. The van der Waals surface area contributed by atoms with Gasteiger partial charge in [0.2, 0.25) is 0 Å². The normalized spacial score (nSPS) is 13.6. The summed E-state index contributed by atoms with van der Waals surface area (Å²) in [7, 11) is 1.83. The molecule has 0 heterocycles. The molecule has 0 rings (SSSR count). The second-order valence-electron chi connectivity index (χ2n) is 7.08. The van der Waals surface area contributed by atoms with Crippen molar-refractivity contribution in [1.29, 1.82) is 0 Å². The number of methoxy groups -OCH3 is 1. The summed E-state index contributed by atoms with van der Waals surface area (Å²) < 4.78 is 5.59. The summed E-state index contributed by atoms with van der Waals surface area (Å²) in [6, 6.07) is 0.611. The van der Waals surface area contributed by atoms with Gasteiger partial charge in [-0.1, -0.05) is 65.2 Å². The molecule has 0 aliphatic heterocycles. The van der Waals surface area contributed by atoms with Crippen LogP contribution in [0.3, 0.4) is 0 Å². The van der Waals surface area contributed by atoms with Gasteiger partial charge in [0.1, 0.15) is 0 Å². The first-order valence-electron chi connectivity index (χ1n) is 9.34. The minimum atomic E-state index is -0.00837. The Bertz CT molecular complexity index is 216. The van der Waals surface area contributed by atoms with Crippen LogP contribution in [-0.4, -0.2) is 25.3 Å². The molecule has 0 aromatic carbocycles. The Hall–Kier alpha value is -0.0800. The summed E-state index contributed by atoms with van der Waals surface area (Å²) in [5.41, 5.74) is -0.00837. The highest BCUT2D eigenvalue weighted by Crippen LogP contribution is 2.19. The van der Waals surface area contributed by atoms with E-state index in [1.165, 1.54) is 64.2 Å². The van der Waals surface area contributed by atoms with Crippen molar-refractivity contribution in [3.63, 3.8) is 0 Å². The van der Waals surface area contributed by atoms with Gasteiger partial charge < -0.3 is 10.1 Å². The maximum atomic E-state index is 5.59. The van der Waals surface area contributed by atoms with Crippen LogP contribution < -0.4 is 5.32 Å². The second-order valence-corrected chi connectivity index (χ2v) is 7.08. The van der Waals surface area contributed by atoms with Gasteiger partial charge in [-0.05, 0) is 39.7 Å². The van der Waals surface area contributed by atoms with Crippen LogP contribution >= 0.6 is 0 Å². The topological polar surface area (TPSA) is 21.3 Å². The largest absolute Gasteiger partial charge is 0.379 e. The Balaban J connectivity index is 3.75. The van der Waals surface area contributed by atoms with Crippen LogP contribution in [0.1, 0.15) is 98.3 Å². The first-order chi connectivity index (χ1) is 10.1. The Morgan fingerprint density at radius 1 is 0.857 bits per heavy atom. The smallest absolute Gasteiger partial charge is 0.0637 e. The highest BCUT2D eigenvalue weighted by Gasteiger charge is 2.22. The molecule has 0 fully saturated rings. The van der Waals surface area contributed by atoms with Crippen LogP contribution in [0.25, 0.3) is 0 Å². The third kappa shape index (κ3) is 13.3. The van der Waals surface area contributed by atoms with Crippen molar-refractivity contribution in [3.05, 3.63) is 0 Å². The molecule has 0 radical (unpaired) electrons. The number of rotatable bonds is 15. The van der Waals surface area contributed by atoms with Gasteiger partial charge in [0.05, 0.1) is 5.60 Å². The van der Waals surface area contributed by atoms with Gasteiger partial charge in [0.15, 0.2) is 0 Å². The fourth-order valence-corrected chi connectivity index (χ4v) is 2.83. The van der Waals surface area contributed by atoms with E-state index in [1.54, 1.807) is 0 Å². The van der Waals surface area contributed by atoms with Gasteiger partial charge in [0.25, 0.3) is 0 Å². The molecule has 0 saturated heterocycles. The molecule has 21 heavy (non-hydrogen) atoms. The number of ether oxygens (including phenoxy) is 1. The summed E-state index contributed by atoms with van der Waals surface area (Å²) >= 11 is 0. The van der Waals surface area contributed by atoms with Crippen molar-refractivity contribution in [3.8, 4) is 0 Å². The molecule has 0 aromatic rings. The summed E-state index contributed by atoms with van der Waals surface area (Å²) in [5, 5.41) is 3.70. The molecular weight excluding hydrogens is 258 g/mol. The van der Waals surface area contributed by atoms with Gasteiger partial charge in [-0.15, -0.1) is 0 Å². The van der Waals surface area contributed by atoms with E-state index < -0.39 is 0 Å². The first-order valence-corrected chi connectivity index (χ1v) is 9.34. The molecule has 0 amide bonds. The molecule has 0 aliphatic carbocycles. The monoisotopic (exact) mass is 299 g/mol. The third-order valence-electron chi connectivity index (χ3n) is 4.38. The van der Waals surface area contributed by atoms with E-state index >= 15 is 0 Å². The predicted molar refractivity (Wildman–Crippen MR) is 95.0 cm³/mol. The van der Waals surface area contributed by atoms with E-state index in [0.717, 1.165) is 13.0 Å². The van der Waals surface area contributed by atoms with Gasteiger partial charge in [0, 0.05) is 13.2 Å². The van der Waals surface area contributed by atoms with Crippen molar-refractivity contribution >= 4 is 0 Å². The van der Waals surface area contributed by atoms with Crippen LogP contribution in [0.5, 0.6) is 0 Å². The Morgan fingerprint density at radius 3 is 1.95 bits per heavy atom. The quantitative estimate of drug-likeness (QED) is 0.392. The average Bonchev–Trinajstić information content (AvgIpc) is 2.47. The van der Waals surface area contributed by atoms with E-state index in [4.69, 9.17) is 4.74 Å². The van der Waals surface area contributed by atoms with Gasteiger partial charge in [-0.2, -0.15) is 0 Å². The van der Waals surface area contributed by atoms with Crippen LogP contribution in [0.2, 0.25) is 0 Å². The lowest BCUT2D eigenvalue weighted by atomic mass is 9.94. The average molecular weight is 300 g/mol. The zero-order valence-electron chi connectivity index (χ0n) is 15.5. The van der Waals surface area contributed by atoms with Crippen LogP contribution in [0, 0.1) is 0 Å². The van der Waals surface area contributed by atoms with E-state index in [1.807, 2.05) is 7.11 Å². The van der Waals surface area contributed by atoms with Gasteiger partial charge in [-0.3, -0.25) is 0 Å². The van der Waals surface area contributed by atoms with E-state index in [2.05, 4.69) is 33.0 Å². The first kappa shape index (κ1) is 20.9.